The van der Waals surface area contributed by atoms with Gasteiger partial charge in [0.15, 0.2) is 0 Å². The number of nitrogens with two attached hydrogens (primary N) is 1. The summed E-state index contributed by atoms with van der Waals surface area (Å²) in [6, 6.07) is 0. The molecule has 3 N–H and O–H groups in total. The first-order chi connectivity index (χ1) is 8.41. The number of aliphatic carboxylic acids is 1. The molecule has 102 valence electrons. The molecule has 6 nitrogen and oxygen atoms in total. The highest BCUT2D eigenvalue weighted by Gasteiger charge is 2.52. The Labute approximate surface area is 105 Å². The normalized spacial score (nSPS) is 35.3. The van der Waals surface area contributed by atoms with Gasteiger partial charge in [0.2, 0.25) is 5.91 Å². The molecule has 0 aliphatic carbocycles. The summed E-state index contributed by atoms with van der Waals surface area (Å²) < 4.78 is 11.1. The van der Waals surface area contributed by atoms with Crippen LogP contribution in [-0.2, 0) is 19.1 Å². The third-order valence-corrected chi connectivity index (χ3v) is 4.33. The first-order valence-electron chi connectivity index (χ1n) is 6.16. The minimum absolute atomic E-state index is 0.303. The molecule has 1 amide bonds. The van der Waals surface area contributed by atoms with Gasteiger partial charge in [0.05, 0.1) is 12.2 Å². The van der Waals surface area contributed by atoms with E-state index in [1.165, 1.54) is 6.92 Å². The van der Waals surface area contributed by atoms with E-state index >= 15 is 0 Å². The predicted octanol–water partition coefficient (Wildman–Crippen LogP) is 0.148. The first kappa shape index (κ1) is 13.3. The lowest BCUT2D eigenvalue weighted by Crippen LogP contribution is -2.53. The summed E-state index contributed by atoms with van der Waals surface area (Å²) >= 11 is 0. The van der Waals surface area contributed by atoms with Crippen LogP contribution in [0.2, 0.25) is 0 Å². The minimum Gasteiger partial charge on any atom is -0.480 e. The maximum Gasteiger partial charge on any atom is 0.319 e. The molecule has 0 aromatic rings. The summed E-state index contributed by atoms with van der Waals surface area (Å²) in [7, 11) is 0. The standard InChI is InChI=1S/C12H19NO5/c1-11(9(13)14,10(15)16)8-2-4-18-12(6-8)3-5-17-7-12/h8H,2-7H2,1H3,(H2,13,14)(H,15,16). The average molecular weight is 257 g/mol. The molecule has 2 rings (SSSR count). The minimum atomic E-state index is -1.53. The van der Waals surface area contributed by atoms with Crippen molar-refractivity contribution in [3.63, 3.8) is 0 Å². The molecule has 1 spiro atoms. The molecule has 2 saturated heterocycles. The number of carbonyl (C=O) groups is 2. The zero-order chi connectivity index (χ0) is 13.4. The molecule has 2 aliphatic rings. The van der Waals surface area contributed by atoms with Crippen molar-refractivity contribution >= 4 is 11.9 Å². The summed E-state index contributed by atoms with van der Waals surface area (Å²) in [4.78, 5) is 22.9. The summed E-state index contributed by atoms with van der Waals surface area (Å²) in [5, 5.41) is 9.31. The van der Waals surface area contributed by atoms with Gasteiger partial charge in [-0.1, -0.05) is 0 Å². The summed E-state index contributed by atoms with van der Waals surface area (Å²) in [5.41, 5.74) is 3.35. The number of hydrogen-bond acceptors (Lipinski definition) is 4. The molecule has 2 heterocycles. The van der Waals surface area contributed by atoms with Crippen LogP contribution < -0.4 is 5.73 Å². The molecule has 2 fully saturated rings. The molecule has 6 heteroatoms. The maximum atomic E-state index is 11.5. The quantitative estimate of drug-likeness (QED) is 0.701. The second-order valence-electron chi connectivity index (χ2n) is 5.40. The summed E-state index contributed by atoms with van der Waals surface area (Å²) in [5.74, 6) is -2.24. The van der Waals surface area contributed by atoms with Crippen molar-refractivity contribution in [3.8, 4) is 0 Å². The van der Waals surface area contributed by atoms with Crippen LogP contribution in [0.4, 0.5) is 0 Å². The molecule has 0 aromatic carbocycles. The van der Waals surface area contributed by atoms with E-state index in [0.29, 0.717) is 32.7 Å². The van der Waals surface area contributed by atoms with Gasteiger partial charge in [0, 0.05) is 19.6 Å². The Kier molecular flexibility index (Phi) is 3.33. The van der Waals surface area contributed by atoms with Crippen molar-refractivity contribution in [2.24, 2.45) is 17.1 Å². The number of rotatable bonds is 3. The van der Waals surface area contributed by atoms with Gasteiger partial charge in [-0.2, -0.15) is 0 Å². The molecular weight excluding hydrogens is 238 g/mol. The zero-order valence-corrected chi connectivity index (χ0v) is 10.5. The van der Waals surface area contributed by atoms with Gasteiger partial charge in [-0.3, -0.25) is 9.59 Å². The fraction of sp³-hybridized carbons (Fsp3) is 0.833. The molecular formula is C12H19NO5. The van der Waals surface area contributed by atoms with Gasteiger partial charge >= 0.3 is 5.97 Å². The number of amides is 1. The smallest absolute Gasteiger partial charge is 0.319 e. The van der Waals surface area contributed by atoms with Crippen molar-refractivity contribution in [1.29, 1.82) is 0 Å². The van der Waals surface area contributed by atoms with E-state index in [0.717, 1.165) is 6.42 Å². The monoisotopic (exact) mass is 257 g/mol. The third kappa shape index (κ3) is 1.99. The Balaban J connectivity index is 2.21. The van der Waals surface area contributed by atoms with Crippen LogP contribution in [-0.4, -0.2) is 42.4 Å². The van der Waals surface area contributed by atoms with Crippen LogP contribution in [0.15, 0.2) is 0 Å². The van der Waals surface area contributed by atoms with Crippen molar-refractivity contribution in [2.75, 3.05) is 19.8 Å². The van der Waals surface area contributed by atoms with E-state index < -0.39 is 22.9 Å². The molecule has 18 heavy (non-hydrogen) atoms. The third-order valence-electron chi connectivity index (χ3n) is 4.33. The fourth-order valence-electron chi connectivity index (χ4n) is 2.87. The van der Waals surface area contributed by atoms with Crippen LogP contribution in [0.1, 0.15) is 26.2 Å². The van der Waals surface area contributed by atoms with Crippen LogP contribution in [0.25, 0.3) is 0 Å². The van der Waals surface area contributed by atoms with E-state index in [4.69, 9.17) is 15.2 Å². The van der Waals surface area contributed by atoms with Crippen molar-refractivity contribution in [1.82, 2.24) is 0 Å². The van der Waals surface area contributed by atoms with Crippen molar-refractivity contribution in [2.45, 2.75) is 31.8 Å². The lowest BCUT2D eigenvalue weighted by molar-refractivity contribution is -0.167. The number of carboxylic acids is 1. The van der Waals surface area contributed by atoms with Gasteiger partial charge < -0.3 is 20.3 Å². The molecule has 0 radical (unpaired) electrons. The lowest BCUT2D eigenvalue weighted by atomic mass is 9.68. The Hall–Kier alpha value is -1.14. The van der Waals surface area contributed by atoms with Gasteiger partial charge in [-0.25, -0.2) is 0 Å². The largest absolute Gasteiger partial charge is 0.480 e. The van der Waals surface area contributed by atoms with Gasteiger partial charge in [-0.15, -0.1) is 0 Å². The molecule has 0 bridgehead atoms. The van der Waals surface area contributed by atoms with Gasteiger partial charge in [0.25, 0.3) is 0 Å². The van der Waals surface area contributed by atoms with Gasteiger partial charge in [0.1, 0.15) is 5.41 Å². The van der Waals surface area contributed by atoms with E-state index in [1.54, 1.807) is 0 Å². The number of primary amides is 1. The molecule has 3 atom stereocenters. The van der Waals surface area contributed by atoms with E-state index in [-0.39, 0.29) is 5.92 Å². The predicted molar refractivity (Wildman–Crippen MR) is 61.8 cm³/mol. The highest BCUT2D eigenvalue weighted by Crippen LogP contribution is 2.43. The second kappa shape index (κ2) is 4.51. The van der Waals surface area contributed by atoms with Crippen LogP contribution in [0.3, 0.4) is 0 Å². The Morgan fingerprint density at radius 3 is 2.67 bits per heavy atom. The Bertz CT molecular complexity index is 347. The van der Waals surface area contributed by atoms with Crippen molar-refractivity contribution in [3.05, 3.63) is 0 Å². The van der Waals surface area contributed by atoms with Crippen LogP contribution in [0.5, 0.6) is 0 Å². The molecule has 0 aromatic heterocycles. The fourth-order valence-corrected chi connectivity index (χ4v) is 2.87. The lowest BCUT2D eigenvalue weighted by Gasteiger charge is -2.42. The topological polar surface area (TPSA) is 98.9 Å². The summed E-state index contributed by atoms with van der Waals surface area (Å²) in [6.45, 7) is 2.95. The average Bonchev–Trinajstić information content (AvgIpc) is 2.75. The molecule has 0 saturated carbocycles. The Morgan fingerprint density at radius 2 is 2.17 bits per heavy atom. The number of hydrogen-bond donors (Lipinski definition) is 2. The number of ether oxygens (including phenoxy) is 2. The van der Waals surface area contributed by atoms with E-state index in [1.807, 2.05) is 0 Å². The maximum absolute atomic E-state index is 11.5. The van der Waals surface area contributed by atoms with Crippen molar-refractivity contribution < 1.29 is 24.2 Å². The van der Waals surface area contributed by atoms with Crippen LogP contribution >= 0.6 is 0 Å². The highest BCUT2D eigenvalue weighted by atomic mass is 16.6. The first-order valence-corrected chi connectivity index (χ1v) is 6.16. The molecule has 2 aliphatic heterocycles. The van der Waals surface area contributed by atoms with E-state index in [9.17, 15) is 14.7 Å². The second-order valence-corrected chi connectivity index (χ2v) is 5.40. The van der Waals surface area contributed by atoms with Crippen LogP contribution in [0, 0.1) is 11.3 Å². The van der Waals surface area contributed by atoms with Gasteiger partial charge in [-0.05, 0) is 25.7 Å². The SMILES string of the molecule is CC(C(N)=O)(C(=O)O)C1CCOC2(CCOC2)C1. The van der Waals surface area contributed by atoms with E-state index in [2.05, 4.69) is 0 Å². The molecule has 3 unspecified atom stereocenters. The Morgan fingerprint density at radius 1 is 1.44 bits per heavy atom. The summed E-state index contributed by atoms with van der Waals surface area (Å²) in [6.07, 6.45) is 1.80. The number of carboxylic acid groups (broad SMARTS) is 1. The zero-order valence-electron chi connectivity index (χ0n) is 10.5. The highest BCUT2D eigenvalue weighted by molar-refractivity contribution is 6.01. The number of carbonyl (C=O) groups excluding carboxylic acids is 1.